The minimum atomic E-state index is 0. The maximum absolute atomic E-state index is 11.9. The number of aryl methyl sites for hydroxylation is 1. The van der Waals surface area contributed by atoms with E-state index in [-0.39, 0.29) is 35.8 Å². The van der Waals surface area contributed by atoms with Crippen LogP contribution in [0.15, 0.2) is 48.0 Å². The summed E-state index contributed by atoms with van der Waals surface area (Å²) in [5, 5.41) is 9.57. The van der Waals surface area contributed by atoms with Gasteiger partial charge in [0.1, 0.15) is 0 Å². The van der Waals surface area contributed by atoms with E-state index in [9.17, 15) is 4.79 Å². The van der Waals surface area contributed by atoms with Crippen LogP contribution in [-0.4, -0.2) is 41.6 Å². The van der Waals surface area contributed by atoms with Gasteiger partial charge in [-0.3, -0.25) is 9.79 Å². The number of carbonyl (C=O) groups excluding carboxylic acids is 1. The van der Waals surface area contributed by atoms with Crippen molar-refractivity contribution in [3.63, 3.8) is 0 Å². The molecule has 0 spiro atoms. The highest BCUT2D eigenvalue weighted by Gasteiger charge is 2.24. The number of fused-ring (bicyclic) bond motifs is 1. The summed E-state index contributed by atoms with van der Waals surface area (Å²) >= 11 is 0. The summed E-state index contributed by atoms with van der Waals surface area (Å²) in [6.45, 7) is 2.41. The highest BCUT2D eigenvalue weighted by atomic mass is 127. The third-order valence-corrected chi connectivity index (χ3v) is 4.29. The van der Waals surface area contributed by atoms with Crippen molar-refractivity contribution in [1.29, 1.82) is 0 Å². The molecule has 7 nitrogen and oxygen atoms in total. The molecule has 0 radical (unpaired) electrons. The molecule has 1 atom stereocenters. The lowest BCUT2D eigenvalue weighted by atomic mass is 9.90. The van der Waals surface area contributed by atoms with E-state index in [1.807, 2.05) is 30.7 Å². The third kappa shape index (κ3) is 5.45. The first-order chi connectivity index (χ1) is 12.3. The van der Waals surface area contributed by atoms with Gasteiger partial charge in [0.05, 0.1) is 6.33 Å². The van der Waals surface area contributed by atoms with E-state index in [4.69, 9.17) is 0 Å². The monoisotopic (exact) mass is 468 g/mol. The van der Waals surface area contributed by atoms with Gasteiger partial charge >= 0.3 is 0 Å². The van der Waals surface area contributed by atoms with Crippen LogP contribution in [0.25, 0.3) is 0 Å². The number of halogens is 1. The molecule has 2 aromatic rings. The van der Waals surface area contributed by atoms with Gasteiger partial charge in [-0.15, -0.1) is 24.0 Å². The maximum atomic E-state index is 11.9. The summed E-state index contributed by atoms with van der Waals surface area (Å²) in [4.78, 5) is 20.2. The van der Waals surface area contributed by atoms with Gasteiger partial charge in [-0.2, -0.15) is 0 Å². The SMILES string of the molecule is CN=C(NCCCn1ccnc1)NCC1CC(=O)Nc2ccccc21.I. The molecule has 1 aromatic heterocycles. The first-order valence-electron chi connectivity index (χ1n) is 8.55. The lowest BCUT2D eigenvalue weighted by Crippen LogP contribution is -2.41. The van der Waals surface area contributed by atoms with E-state index in [0.717, 1.165) is 31.2 Å². The number of carbonyl (C=O) groups is 1. The topological polar surface area (TPSA) is 83.3 Å². The summed E-state index contributed by atoms with van der Waals surface area (Å²) in [6, 6.07) is 7.97. The zero-order chi connectivity index (χ0) is 17.5. The number of anilines is 1. The third-order valence-electron chi connectivity index (χ3n) is 4.29. The molecule has 1 aliphatic heterocycles. The van der Waals surface area contributed by atoms with Gasteiger partial charge < -0.3 is 20.5 Å². The second-order valence-electron chi connectivity index (χ2n) is 6.07. The van der Waals surface area contributed by atoms with E-state index in [1.165, 1.54) is 5.56 Å². The summed E-state index contributed by atoms with van der Waals surface area (Å²) in [6.07, 6.45) is 7.02. The molecule has 8 heteroatoms. The average Bonchev–Trinajstić information content (AvgIpc) is 3.14. The van der Waals surface area contributed by atoms with Crippen molar-refractivity contribution in [1.82, 2.24) is 20.2 Å². The molecule has 3 rings (SSSR count). The Balaban J connectivity index is 0.00000243. The highest BCUT2D eigenvalue weighted by Crippen LogP contribution is 2.31. The molecule has 140 valence electrons. The van der Waals surface area contributed by atoms with Crippen molar-refractivity contribution in [2.24, 2.45) is 4.99 Å². The Morgan fingerprint density at radius 3 is 3.00 bits per heavy atom. The number of hydrogen-bond acceptors (Lipinski definition) is 3. The van der Waals surface area contributed by atoms with Crippen LogP contribution in [-0.2, 0) is 11.3 Å². The number of rotatable bonds is 6. The predicted octanol–water partition coefficient (Wildman–Crippen LogP) is 2.18. The van der Waals surface area contributed by atoms with Crippen LogP contribution in [0.4, 0.5) is 5.69 Å². The Morgan fingerprint density at radius 2 is 2.23 bits per heavy atom. The van der Waals surface area contributed by atoms with Crippen LogP contribution in [0.5, 0.6) is 0 Å². The number of nitrogens with zero attached hydrogens (tertiary/aromatic N) is 3. The van der Waals surface area contributed by atoms with Crippen molar-refractivity contribution >= 4 is 41.5 Å². The second kappa shape index (κ2) is 10.1. The summed E-state index contributed by atoms with van der Waals surface area (Å²) in [5.74, 6) is 0.970. The van der Waals surface area contributed by atoms with Gasteiger partial charge in [0, 0.05) is 57.1 Å². The Bertz CT molecular complexity index is 731. The number of imidazole rings is 1. The van der Waals surface area contributed by atoms with Crippen LogP contribution < -0.4 is 16.0 Å². The summed E-state index contributed by atoms with van der Waals surface area (Å²) in [5.41, 5.74) is 2.08. The fourth-order valence-electron chi connectivity index (χ4n) is 3.01. The van der Waals surface area contributed by atoms with Crippen molar-refractivity contribution in [2.45, 2.75) is 25.3 Å². The minimum absolute atomic E-state index is 0. The number of nitrogens with one attached hydrogen (secondary N) is 3. The standard InChI is InChI=1S/C18H24N6O.HI/c1-19-18(21-7-4-9-24-10-8-20-13-24)22-12-14-11-17(25)23-16-6-3-2-5-15(14)16;/h2-3,5-6,8,10,13-14H,4,7,9,11-12H2,1H3,(H,23,25)(H2,19,21,22);1H. The molecule has 2 heterocycles. The second-order valence-corrected chi connectivity index (χ2v) is 6.07. The molecule has 3 N–H and O–H groups in total. The number of amides is 1. The molecule has 0 saturated heterocycles. The van der Waals surface area contributed by atoms with Gasteiger partial charge in [-0.1, -0.05) is 18.2 Å². The Morgan fingerprint density at radius 1 is 1.38 bits per heavy atom. The van der Waals surface area contributed by atoms with Crippen molar-refractivity contribution < 1.29 is 4.79 Å². The molecular formula is C18H25IN6O. The zero-order valence-electron chi connectivity index (χ0n) is 14.8. The van der Waals surface area contributed by atoms with Gasteiger partial charge in [0.15, 0.2) is 5.96 Å². The number of aliphatic imine (C=N–C) groups is 1. The van der Waals surface area contributed by atoms with Crippen LogP contribution >= 0.6 is 24.0 Å². The van der Waals surface area contributed by atoms with E-state index < -0.39 is 0 Å². The largest absolute Gasteiger partial charge is 0.356 e. The fraction of sp³-hybridized carbons (Fsp3) is 0.389. The normalized spacial score (nSPS) is 16.3. The molecule has 1 aliphatic rings. The van der Waals surface area contributed by atoms with Crippen LogP contribution in [0.1, 0.15) is 24.3 Å². The Kier molecular flexibility index (Phi) is 7.89. The van der Waals surface area contributed by atoms with E-state index in [2.05, 4.69) is 36.6 Å². The smallest absolute Gasteiger partial charge is 0.225 e. The number of benzene rings is 1. The van der Waals surface area contributed by atoms with Gasteiger partial charge in [-0.05, 0) is 18.1 Å². The van der Waals surface area contributed by atoms with Crippen molar-refractivity contribution in [2.75, 3.05) is 25.5 Å². The molecule has 1 unspecified atom stereocenters. The first kappa shape index (κ1) is 20.2. The van der Waals surface area contributed by atoms with Crippen LogP contribution in [0, 0.1) is 0 Å². The van der Waals surface area contributed by atoms with Crippen molar-refractivity contribution in [3.8, 4) is 0 Å². The van der Waals surface area contributed by atoms with E-state index in [0.29, 0.717) is 13.0 Å². The zero-order valence-corrected chi connectivity index (χ0v) is 17.1. The first-order valence-corrected chi connectivity index (χ1v) is 8.55. The number of para-hydroxylation sites is 1. The van der Waals surface area contributed by atoms with E-state index in [1.54, 1.807) is 13.2 Å². The Labute approximate surface area is 170 Å². The van der Waals surface area contributed by atoms with E-state index >= 15 is 0 Å². The number of aromatic nitrogens is 2. The quantitative estimate of drug-likeness (QED) is 0.263. The molecule has 0 aliphatic carbocycles. The number of guanidine groups is 1. The Hall–Kier alpha value is -2.10. The van der Waals surface area contributed by atoms with Crippen LogP contribution in [0.2, 0.25) is 0 Å². The lowest BCUT2D eigenvalue weighted by molar-refractivity contribution is -0.116. The molecule has 26 heavy (non-hydrogen) atoms. The fourth-order valence-corrected chi connectivity index (χ4v) is 3.01. The molecule has 0 saturated carbocycles. The number of hydrogen-bond donors (Lipinski definition) is 3. The van der Waals surface area contributed by atoms with Gasteiger partial charge in [0.2, 0.25) is 5.91 Å². The maximum Gasteiger partial charge on any atom is 0.225 e. The lowest BCUT2D eigenvalue weighted by Gasteiger charge is -2.26. The minimum Gasteiger partial charge on any atom is -0.356 e. The summed E-state index contributed by atoms with van der Waals surface area (Å²) < 4.78 is 2.05. The molecule has 1 amide bonds. The average molecular weight is 468 g/mol. The predicted molar refractivity (Wildman–Crippen MR) is 114 cm³/mol. The highest BCUT2D eigenvalue weighted by molar-refractivity contribution is 14.0. The molecule has 0 bridgehead atoms. The van der Waals surface area contributed by atoms with Gasteiger partial charge in [0.25, 0.3) is 0 Å². The molecule has 0 fully saturated rings. The van der Waals surface area contributed by atoms with Crippen LogP contribution in [0.3, 0.4) is 0 Å². The van der Waals surface area contributed by atoms with Gasteiger partial charge in [-0.25, -0.2) is 4.98 Å². The van der Waals surface area contributed by atoms with Crippen molar-refractivity contribution in [3.05, 3.63) is 48.5 Å². The molecular weight excluding hydrogens is 443 g/mol. The summed E-state index contributed by atoms with van der Waals surface area (Å²) in [7, 11) is 1.76. The molecule has 1 aromatic carbocycles.